The first-order valence-electron chi connectivity index (χ1n) is 13.2. The molecular formula is C25H23F17N2O5. The molecule has 2 amide bonds. The number of halogens is 17. The molecule has 0 fully saturated rings. The minimum absolute atomic E-state index is 0.176. The van der Waals surface area contributed by atoms with Gasteiger partial charge in [-0.2, -0.15) is 74.6 Å². The van der Waals surface area contributed by atoms with E-state index < -0.39 is 82.9 Å². The number of nitrogens with one attached hydrogen (secondary N) is 2. The average molecular weight is 754 g/mol. The molecule has 282 valence electrons. The van der Waals surface area contributed by atoms with Crippen molar-refractivity contribution < 1.29 is 98.4 Å². The van der Waals surface area contributed by atoms with E-state index in [-0.39, 0.29) is 19.6 Å². The number of carbonyl (C=O) groups excluding carboxylic acids is 2. The summed E-state index contributed by atoms with van der Waals surface area (Å²) in [7, 11) is 0. The number of ether oxygens (including phenoxy) is 3. The molecule has 0 aliphatic rings. The van der Waals surface area contributed by atoms with Crippen LogP contribution in [0.2, 0.25) is 0 Å². The summed E-state index contributed by atoms with van der Waals surface area (Å²) in [6.07, 6.45) is -8.95. The molecule has 0 saturated heterocycles. The van der Waals surface area contributed by atoms with Crippen LogP contribution in [0.1, 0.15) is 39.5 Å². The summed E-state index contributed by atoms with van der Waals surface area (Å²) in [5.41, 5.74) is -1.54. The maximum Gasteiger partial charge on any atom is 0.460 e. The molecule has 0 saturated carbocycles. The summed E-state index contributed by atoms with van der Waals surface area (Å²) in [6.45, 7) is 2.89. The molecule has 1 aromatic carbocycles. The van der Waals surface area contributed by atoms with Crippen LogP contribution in [-0.4, -0.2) is 67.1 Å². The molecule has 0 aliphatic heterocycles. The van der Waals surface area contributed by atoms with Gasteiger partial charge in [0.15, 0.2) is 5.75 Å². The zero-order chi connectivity index (χ0) is 38.4. The first-order chi connectivity index (χ1) is 22.1. The molecule has 0 heterocycles. The van der Waals surface area contributed by atoms with E-state index in [9.17, 15) is 84.2 Å². The monoisotopic (exact) mass is 754 g/mol. The summed E-state index contributed by atoms with van der Waals surface area (Å²) < 4.78 is 244. The SMILES string of the molecule is CCCCOC(=O)Nc1ccc(NC(=O)OCCCC)c(OC(F)=C(F)C(F)(F)C(F)(F)C(F)(F)C(F)(F)C(F)(F)C(F)(F)C(F)(F)F)c1. The van der Waals surface area contributed by atoms with Gasteiger partial charge in [0, 0.05) is 11.8 Å². The van der Waals surface area contributed by atoms with E-state index in [1.54, 1.807) is 19.2 Å². The molecule has 2 N–H and O–H groups in total. The van der Waals surface area contributed by atoms with Crippen molar-refractivity contribution >= 4 is 23.6 Å². The van der Waals surface area contributed by atoms with Crippen molar-refractivity contribution in [1.29, 1.82) is 0 Å². The number of alkyl halides is 15. The number of allylic oxidation sites excluding steroid dienone is 1. The smallest absolute Gasteiger partial charge is 0.449 e. The standard InChI is InChI=1S/C25H23F17N2O5/c1-3-5-9-47-17(45)43-12-7-8-13(44-18(46)48-10-6-4-2)14(11-12)49-16(27)15(26)19(28,29)20(30,31)21(32,33)22(34,35)23(36,37)24(38,39)25(40,41)42/h7-8,11H,3-6,9-10H2,1-2H3,(H,43,45)(H,44,46). The minimum atomic E-state index is -8.75. The lowest BCUT2D eigenvalue weighted by Gasteiger charge is -2.41. The van der Waals surface area contributed by atoms with Gasteiger partial charge >= 0.3 is 59.9 Å². The van der Waals surface area contributed by atoms with Gasteiger partial charge in [0.25, 0.3) is 0 Å². The number of unbranched alkanes of at least 4 members (excludes halogenated alkanes) is 2. The summed E-state index contributed by atoms with van der Waals surface area (Å²) in [5, 5.41) is 3.66. The van der Waals surface area contributed by atoms with E-state index in [0.717, 1.165) is 6.07 Å². The molecule has 1 aromatic rings. The van der Waals surface area contributed by atoms with Crippen LogP contribution in [0, 0.1) is 0 Å². The van der Waals surface area contributed by atoms with Crippen molar-refractivity contribution in [3.8, 4) is 5.75 Å². The molecule has 7 nitrogen and oxygen atoms in total. The number of hydrogen-bond donors (Lipinski definition) is 2. The number of anilines is 2. The predicted octanol–water partition coefficient (Wildman–Crippen LogP) is 10.2. The molecule has 1 rings (SSSR count). The molecule has 0 atom stereocenters. The fraction of sp³-hybridized carbons (Fsp3) is 0.600. The Kier molecular flexibility index (Phi) is 13.5. The molecule has 0 radical (unpaired) electrons. The van der Waals surface area contributed by atoms with Crippen molar-refractivity contribution in [3.63, 3.8) is 0 Å². The van der Waals surface area contributed by atoms with Crippen molar-refractivity contribution in [3.05, 3.63) is 30.0 Å². The third kappa shape index (κ3) is 8.65. The van der Waals surface area contributed by atoms with Gasteiger partial charge in [0.2, 0.25) is 5.83 Å². The largest absolute Gasteiger partial charge is 0.460 e. The molecule has 0 spiro atoms. The number of hydrogen-bond acceptors (Lipinski definition) is 5. The van der Waals surface area contributed by atoms with E-state index >= 15 is 0 Å². The van der Waals surface area contributed by atoms with Gasteiger partial charge in [-0.1, -0.05) is 26.7 Å². The first kappa shape index (κ1) is 43.1. The Morgan fingerprint density at radius 3 is 1.51 bits per heavy atom. The van der Waals surface area contributed by atoms with Gasteiger partial charge in [0.1, 0.15) is 0 Å². The van der Waals surface area contributed by atoms with Crippen LogP contribution in [0.3, 0.4) is 0 Å². The van der Waals surface area contributed by atoms with Gasteiger partial charge in [-0.3, -0.25) is 10.6 Å². The Balaban J connectivity index is 3.66. The van der Waals surface area contributed by atoms with Crippen molar-refractivity contribution in [2.45, 2.75) is 81.2 Å². The van der Waals surface area contributed by atoms with E-state index in [1.165, 1.54) is 0 Å². The highest BCUT2D eigenvalue weighted by Gasteiger charge is 2.93. The Bertz CT molecular complexity index is 1350. The molecule has 0 aliphatic carbocycles. The van der Waals surface area contributed by atoms with Crippen LogP contribution in [0.15, 0.2) is 30.0 Å². The fourth-order valence-electron chi connectivity index (χ4n) is 3.08. The van der Waals surface area contributed by atoms with Crippen molar-refractivity contribution in [2.75, 3.05) is 23.8 Å². The molecule has 49 heavy (non-hydrogen) atoms. The van der Waals surface area contributed by atoms with E-state index in [2.05, 4.69) is 9.47 Å². The summed E-state index contributed by atoms with van der Waals surface area (Å²) >= 11 is 0. The van der Waals surface area contributed by atoms with Crippen LogP contribution in [0.5, 0.6) is 5.75 Å². The lowest BCUT2D eigenvalue weighted by Crippen LogP contribution is -2.72. The molecule has 24 heteroatoms. The number of rotatable bonds is 16. The highest BCUT2D eigenvalue weighted by atomic mass is 19.4. The van der Waals surface area contributed by atoms with E-state index in [4.69, 9.17) is 4.74 Å². The van der Waals surface area contributed by atoms with E-state index in [0.29, 0.717) is 31.4 Å². The van der Waals surface area contributed by atoms with Crippen LogP contribution in [0.4, 0.5) is 95.6 Å². The zero-order valence-corrected chi connectivity index (χ0v) is 24.4. The van der Waals surface area contributed by atoms with Gasteiger partial charge in [0.05, 0.1) is 18.9 Å². The number of amides is 2. The Hall–Kier alpha value is -3.89. The lowest BCUT2D eigenvalue weighted by atomic mass is 9.91. The average Bonchev–Trinajstić information content (AvgIpc) is 2.97. The molecule has 0 aromatic heterocycles. The second-order valence-corrected chi connectivity index (χ2v) is 9.57. The topological polar surface area (TPSA) is 85.9 Å². The fourth-order valence-corrected chi connectivity index (χ4v) is 3.08. The summed E-state index contributed by atoms with van der Waals surface area (Å²) in [5.74, 6) is -56.6. The quantitative estimate of drug-likeness (QED) is 0.0997. The molecule has 0 bridgehead atoms. The number of benzene rings is 1. The second kappa shape index (κ2) is 15.3. The van der Waals surface area contributed by atoms with Gasteiger partial charge in [-0.25, -0.2) is 9.59 Å². The zero-order valence-electron chi connectivity index (χ0n) is 24.4. The van der Waals surface area contributed by atoms with Gasteiger partial charge in [-0.15, -0.1) is 0 Å². The Morgan fingerprint density at radius 1 is 0.633 bits per heavy atom. The second-order valence-electron chi connectivity index (χ2n) is 9.57. The van der Waals surface area contributed by atoms with Crippen LogP contribution >= 0.6 is 0 Å². The van der Waals surface area contributed by atoms with E-state index in [1.807, 2.05) is 5.32 Å². The first-order valence-corrected chi connectivity index (χ1v) is 13.2. The molecule has 0 unspecified atom stereocenters. The summed E-state index contributed by atoms with van der Waals surface area (Å²) in [4.78, 5) is 23.8. The Labute approximate surface area is 263 Å². The Morgan fingerprint density at radius 2 is 1.06 bits per heavy atom. The maximum atomic E-state index is 14.5. The maximum absolute atomic E-state index is 14.5. The highest BCUT2D eigenvalue weighted by Crippen LogP contribution is 2.63. The minimum Gasteiger partial charge on any atom is -0.449 e. The predicted molar refractivity (Wildman–Crippen MR) is 132 cm³/mol. The van der Waals surface area contributed by atoms with Crippen LogP contribution < -0.4 is 15.4 Å². The van der Waals surface area contributed by atoms with Crippen LogP contribution in [-0.2, 0) is 9.47 Å². The van der Waals surface area contributed by atoms with Crippen molar-refractivity contribution in [1.82, 2.24) is 0 Å². The third-order valence-electron chi connectivity index (χ3n) is 5.90. The lowest BCUT2D eigenvalue weighted by molar-refractivity contribution is -0.451. The van der Waals surface area contributed by atoms with Crippen molar-refractivity contribution in [2.24, 2.45) is 0 Å². The van der Waals surface area contributed by atoms with Crippen LogP contribution in [0.25, 0.3) is 0 Å². The third-order valence-corrected chi connectivity index (χ3v) is 5.90. The normalized spacial score (nSPS) is 14.2. The molecular weight excluding hydrogens is 731 g/mol. The van der Waals surface area contributed by atoms with Gasteiger partial charge < -0.3 is 14.2 Å². The van der Waals surface area contributed by atoms with Gasteiger partial charge in [-0.05, 0) is 25.0 Å². The number of carbonyl (C=O) groups is 2. The summed E-state index contributed by atoms with van der Waals surface area (Å²) in [6, 6.07) is -2.00. The highest BCUT2D eigenvalue weighted by molar-refractivity contribution is 5.89.